The third-order valence-electron chi connectivity index (χ3n) is 7.26. The molecular formula is C30H44N6O2S. The number of aldehydes is 1. The molecule has 8 nitrogen and oxygen atoms in total. The molecule has 0 radical (unpaired) electrons. The molecule has 0 saturated carbocycles. The van der Waals surface area contributed by atoms with Crippen molar-refractivity contribution in [1.29, 1.82) is 0 Å². The number of thiazole rings is 1. The van der Waals surface area contributed by atoms with Gasteiger partial charge in [-0.1, -0.05) is 26.0 Å². The van der Waals surface area contributed by atoms with Gasteiger partial charge < -0.3 is 20.9 Å². The molecule has 2 aromatic heterocycles. The van der Waals surface area contributed by atoms with Crippen molar-refractivity contribution in [3.05, 3.63) is 47.1 Å². The van der Waals surface area contributed by atoms with Gasteiger partial charge in [-0.2, -0.15) is 0 Å². The van der Waals surface area contributed by atoms with Gasteiger partial charge in [-0.15, -0.1) is 11.3 Å². The lowest BCUT2D eigenvalue weighted by molar-refractivity contribution is -0.127. The maximum absolute atomic E-state index is 10.7. The first-order valence-electron chi connectivity index (χ1n) is 14.0. The van der Waals surface area contributed by atoms with E-state index in [9.17, 15) is 9.59 Å². The lowest BCUT2D eigenvalue weighted by Gasteiger charge is -2.28. The summed E-state index contributed by atoms with van der Waals surface area (Å²) in [5.41, 5.74) is 8.06. The van der Waals surface area contributed by atoms with E-state index in [-0.39, 0.29) is 6.29 Å². The number of fused-ring (bicyclic) bond motifs is 1. The Kier molecular flexibility index (Phi) is 12.3. The molecule has 3 N–H and O–H groups in total. The summed E-state index contributed by atoms with van der Waals surface area (Å²) in [4.78, 5) is 34.3. The zero-order valence-electron chi connectivity index (χ0n) is 23.9. The maximum atomic E-state index is 10.7. The van der Waals surface area contributed by atoms with Gasteiger partial charge in [0.1, 0.15) is 5.82 Å². The SMILES string of the molecule is CC1CCCN(C)C1.CCc1cc(NC(=O)C=O)cnc1N.CN1CCC(Cc2nc3ccccc3s2)CC1. The predicted molar refractivity (Wildman–Crippen MR) is 162 cm³/mol. The van der Waals surface area contributed by atoms with Crippen molar-refractivity contribution in [2.24, 2.45) is 11.8 Å². The Balaban J connectivity index is 0.000000172. The molecule has 1 unspecified atom stereocenters. The van der Waals surface area contributed by atoms with Crippen molar-refractivity contribution in [3.8, 4) is 0 Å². The van der Waals surface area contributed by atoms with E-state index in [0.29, 0.717) is 11.5 Å². The zero-order valence-corrected chi connectivity index (χ0v) is 24.7. The topological polar surface area (TPSA) is 104 Å². The van der Waals surface area contributed by atoms with Gasteiger partial charge >= 0.3 is 0 Å². The van der Waals surface area contributed by atoms with E-state index >= 15 is 0 Å². The summed E-state index contributed by atoms with van der Waals surface area (Å²) in [6.45, 7) is 9.36. The van der Waals surface area contributed by atoms with E-state index in [1.54, 1.807) is 6.07 Å². The number of piperidine rings is 2. The molecule has 1 aromatic carbocycles. The van der Waals surface area contributed by atoms with E-state index in [4.69, 9.17) is 10.7 Å². The highest BCUT2D eigenvalue weighted by molar-refractivity contribution is 7.18. The number of nitrogens with one attached hydrogen (secondary N) is 1. The van der Waals surface area contributed by atoms with Crippen molar-refractivity contribution < 1.29 is 9.59 Å². The Morgan fingerprint density at radius 3 is 2.51 bits per heavy atom. The summed E-state index contributed by atoms with van der Waals surface area (Å²) >= 11 is 1.87. The van der Waals surface area contributed by atoms with Crippen LogP contribution in [0.3, 0.4) is 0 Å². The lowest BCUT2D eigenvalue weighted by Crippen LogP contribution is -2.30. The summed E-state index contributed by atoms with van der Waals surface area (Å²) in [5.74, 6) is 1.52. The van der Waals surface area contributed by atoms with Crippen molar-refractivity contribution in [2.75, 3.05) is 51.3 Å². The Labute approximate surface area is 237 Å². The van der Waals surface area contributed by atoms with Crippen LogP contribution in [0.5, 0.6) is 0 Å². The molecule has 5 rings (SSSR count). The van der Waals surface area contributed by atoms with E-state index in [1.807, 2.05) is 18.3 Å². The number of nitrogen functional groups attached to an aromatic ring is 1. The van der Waals surface area contributed by atoms with Gasteiger partial charge in [0.25, 0.3) is 5.91 Å². The highest BCUT2D eigenvalue weighted by Crippen LogP contribution is 2.27. The molecule has 0 bridgehead atoms. The molecule has 1 atom stereocenters. The smallest absolute Gasteiger partial charge is 0.288 e. The zero-order chi connectivity index (χ0) is 28.2. The minimum Gasteiger partial charge on any atom is -0.383 e. The number of pyridine rings is 1. The quantitative estimate of drug-likeness (QED) is 0.343. The van der Waals surface area contributed by atoms with Crippen molar-refractivity contribution in [2.45, 2.75) is 52.4 Å². The number of rotatable bonds is 5. The summed E-state index contributed by atoms with van der Waals surface area (Å²) in [6, 6.07) is 10.2. The largest absolute Gasteiger partial charge is 0.383 e. The van der Waals surface area contributed by atoms with Gasteiger partial charge in [0.2, 0.25) is 6.29 Å². The maximum Gasteiger partial charge on any atom is 0.288 e. The number of carbonyl (C=O) groups is 2. The van der Waals surface area contributed by atoms with Crippen LogP contribution in [0, 0.1) is 11.8 Å². The van der Waals surface area contributed by atoms with Crippen LogP contribution >= 0.6 is 11.3 Å². The van der Waals surface area contributed by atoms with Gasteiger partial charge in [-0.3, -0.25) is 9.59 Å². The molecule has 2 fully saturated rings. The average molecular weight is 553 g/mol. The molecule has 1 amide bonds. The fourth-order valence-electron chi connectivity index (χ4n) is 4.99. The minimum absolute atomic E-state index is 0.210. The fourth-order valence-corrected chi connectivity index (χ4v) is 6.07. The Bertz CT molecular complexity index is 1150. The van der Waals surface area contributed by atoms with Crippen LogP contribution in [-0.2, 0) is 22.4 Å². The van der Waals surface area contributed by atoms with E-state index in [2.05, 4.69) is 65.4 Å². The number of hydrogen-bond acceptors (Lipinski definition) is 8. The van der Waals surface area contributed by atoms with Crippen molar-refractivity contribution >= 4 is 45.3 Å². The molecule has 4 heterocycles. The molecule has 0 aliphatic carbocycles. The van der Waals surface area contributed by atoms with Crippen molar-refractivity contribution in [3.63, 3.8) is 0 Å². The number of carbonyl (C=O) groups excluding carboxylic acids is 2. The number of benzene rings is 1. The Morgan fingerprint density at radius 1 is 1.15 bits per heavy atom. The first-order valence-corrected chi connectivity index (χ1v) is 14.8. The second-order valence-corrected chi connectivity index (χ2v) is 11.9. The van der Waals surface area contributed by atoms with Crippen LogP contribution in [0.2, 0.25) is 0 Å². The fraction of sp³-hybridized carbons (Fsp3) is 0.533. The van der Waals surface area contributed by atoms with Gasteiger partial charge in [0.05, 0.1) is 27.1 Å². The normalized spacial score (nSPS) is 18.4. The second kappa shape index (κ2) is 15.6. The molecule has 0 spiro atoms. The van der Waals surface area contributed by atoms with Gasteiger partial charge in [-0.25, -0.2) is 9.97 Å². The standard InChI is InChI=1S/C14H18N2S.C9H11N3O2.C7H15N/c1-16-8-6-11(7-9-16)10-14-15-12-4-2-3-5-13(12)17-14;1-2-6-3-7(4-11-9(6)10)12-8(14)5-13;1-7-4-3-5-8(2)6-7/h2-5,11H,6-10H2,1H3;3-5H,2H2,1H3,(H2,10,11)(H,12,14);7H,3-6H2,1-2H3. The monoisotopic (exact) mass is 552 g/mol. The predicted octanol–water partition coefficient (Wildman–Crippen LogP) is 4.89. The molecule has 2 aliphatic rings. The highest BCUT2D eigenvalue weighted by atomic mass is 32.1. The highest BCUT2D eigenvalue weighted by Gasteiger charge is 2.18. The molecule has 9 heteroatoms. The summed E-state index contributed by atoms with van der Waals surface area (Å²) in [7, 11) is 4.42. The number of nitrogens with zero attached hydrogens (tertiary/aromatic N) is 4. The number of amides is 1. The van der Waals surface area contributed by atoms with Crippen molar-refractivity contribution in [1.82, 2.24) is 19.8 Å². The number of para-hydroxylation sites is 1. The minimum atomic E-state index is -0.696. The molecule has 2 saturated heterocycles. The molecular weight excluding hydrogens is 508 g/mol. The van der Waals surface area contributed by atoms with Crippen LogP contribution in [0.1, 0.15) is 50.1 Å². The number of hydrogen-bond donors (Lipinski definition) is 2. The first-order chi connectivity index (χ1) is 18.8. The van der Waals surface area contributed by atoms with Crippen LogP contribution < -0.4 is 11.1 Å². The molecule has 39 heavy (non-hydrogen) atoms. The van der Waals surface area contributed by atoms with Crippen LogP contribution in [0.15, 0.2) is 36.5 Å². The Hall–Kier alpha value is -2.88. The number of anilines is 2. The molecule has 212 valence electrons. The van der Waals surface area contributed by atoms with Crippen LogP contribution in [0.25, 0.3) is 10.2 Å². The molecule has 2 aliphatic heterocycles. The number of likely N-dealkylation sites (tertiary alicyclic amines) is 2. The second-order valence-electron chi connectivity index (χ2n) is 10.8. The number of aromatic nitrogens is 2. The average Bonchev–Trinajstić information content (AvgIpc) is 3.34. The van der Waals surface area contributed by atoms with E-state index < -0.39 is 5.91 Å². The third-order valence-corrected chi connectivity index (χ3v) is 8.32. The summed E-state index contributed by atoms with van der Waals surface area (Å²) in [6.07, 6.45) is 9.01. The Morgan fingerprint density at radius 2 is 1.90 bits per heavy atom. The lowest BCUT2D eigenvalue weighted by atomic mass is 9.94. The third kappa shape index (κ3) is 10.3. The first kappa shape index (κ1) is 30.7. The van der Waals surface area contributed by atoms with Gasteiger partial charge in [0.15, 0.2) is 0 Å². The number of aryl methyl sites for hydroxylation is 1. The van der Waals surface area contributed by atoms with E-state index in [0.717, 1.165) is 23.8 Å². The summed E-state index contributed by atoms with van der Waals surface area (Å²) in [5, 5.41) is 3.69. The molecule has 3 aromatic rings. The van der Waals surface area contributed by atoms with Crippen LogP contribution in [-0.4, -0.2) is 72.2 Å². The van der Waals surface area contributed by atoms with Crippen LogP contribution in [0.4, 0.5) is 11.5 Å². The van der Waals surface area contributed by atoms with Gasteiger partial charge in [-0.05, 0) is 101 Å². The summed E-state index contributed by atoms with van der Waals surface area (Å²) < 4.78 is 1.33. The number of nitrogens with two attached hydrogens (primary N) is 1. The van der Waals surface area contributed by atoms with E-state index in [1.165, 1.54) is 79.7 Å². The van der Waals surface area contributed by atoms with Gasteiger partial charge in [0, 0.05) is 13.0 Å².